The average Bonchev–Trinajstić information content (AvgIpc) is 3.30. The monoisotopic (exact) mass is 274 g/mol. The van der Waals surface area contributed by atoms with Crippen LogP contribution in [-0.4, -0.2) is 36.2 Å². The van der Waals surface area contributed by atoms with Gasteiger partial charge in [0.15, 0.2) is 0 Å². The number of likely N-dealkylation sites (tertiary alicyclic amines) is 1. The molecular formula is C16H22N2O2. The van der Waals surface area contributed by atoms with E-state index in [2.05, 4.69) is 5.32 Å². The Labute approximate surface area is 120 Å². The second-order valence-corrected chi connectivity index (χ2v) is 5.77. The smallest absolute Gasteiger partial charge is 0.410 e. The molecule has 108 valence electrons. The predicted molar refractivity (Wildman–Crippen MR) is 77.4 cm³/mol. The van der Waals surface area contributed by atoms with Crippen molar-refractivity contribution < 1.29 is 9.53 Å². The highest BCUT2D eigenvalue weighted by Crippen LogP contribution is 2.22. The summed E-state index contributed by atoms with van der Waals surface area (Å²) in [5.74, 6) is 0. The summed E-state index contributed by atoms with van der Waals surface area (Å²) in [5.41, 5.74) is 1.03. The zero-order chi connectivity index (χ0) is 13.8. The van der Waals surface area contributed by atoms with Crippen molar-refractivity contribution in [2.75, 3.05) is 13.1 Å². The second kappa shape index (κ2) is 6.27. The summed E-state index contributed by atoms with van der Waals surface area (Å²) in [6.07, 6.45) is 4.62. The molecule has 2 aliphatic rings. The lowest BCUT2D eigenvalue weighted by molar-refractivity contribution is 0.0831. The van der Waals surface area contributed by atoms with E-state index in [1.807, 2.05) is 35.2 Å². The number of hydrogen-bond donors (Lipinski definition) is 1. The number of carbonyl (C=O) groups is 1. The lowest BCUT2D eigenvalue weighted by atomic mass is 10.1. The van der Waals surface area contributed by atoms with Crippen LogP contribution in [-0.2, 0) is 11.3 Å². The van der Waals surface area contributed by atoms with Gasteiger partial charge < -0.3 is 15.0 Å². The molecule has 1 aliphatic heterocycles. The van der Waals surface area contributed by atoms with Crippen molar-refractivity contribution in [3.63, 3.8) is 0 Å². The van der Waals surface area contributed by atoms with E-state index < -0.39 is 0 Å². The molecule has 1 saturated carbocycles. The first kappa shape index (κ1) is 13.4. The molecule has 4 heteroatoms. The average molecular weight is 274 g/mol. The van der Waals surface area contributed by atoms with Crippen LogP contribution in [0.2, 0.25) is 0 Å². The standard InChI is InChI=1S/C16H22N2O2/c19-16(20-12-13-5-2-1-3-6-13)18-10-4-7-15(11-18)17-14-8-9-14/h1-3,5-6,14-15,17H,4,7-12H2. The van der Waals surface area contributed by atoms with Crippen LogP contribution in [0.5, 0.6) is 0 Å². The molecule has 0 aromatic heterocycles. The van der Waals surface area contributed by atoms with Gasteiger partial charge in [-0.25, -0.2) is 4.79 Å². The third-order valence-electron chi connectivity index (χ3n) is 3.93. The zero-order valence-corrected chi connectivity index (χ0v) is 11.8. The van der Waals surface area contributed by atoms with Gasteiger partial charge in [0, 0.05) is 25.2 Å². The first-order valence-corrected chi connectivity index (χ1v) is 7.53. The van der Waals surface area contributed by atoms with E-state index >= 15 is 0 Å². The number of amides is 1. The molecule has 4 nitrogen and oxygen atoms in total. The van der Waals surface area contributed by atoms with Gasteiger partial charge in [-0.05, 0) is 31.2 Å². The summed E-state index contributed by atoms with van der Waals surface area (Å²) < 4.78 is 5.40. The van der Waals surface area contributed by atoms with Gasteiger partial charge in [0.25, 0.3) is 0 Å². The fourth-order valence-electron chi connectivity index (χ4n) is 2.67. The SMILES string of the molecule is O=C(OCc1ccccc1)N1CCCC(NC2CC2)C1. The maximum atomic E-state index is 12.1. The molecule has 1 aromatic carbocycles. The van der Waals surface area contributed by atoms with Gasteiger partial charge in [-0.1, -0.05) is 30.3 Å². The van der Waals surface area contributed by atoms with Gasteiger partial charge in [-0.2, -0.15) is 0 Å². The van der Waals surface area contributed by atoms with Crippen LogP contribution < -0.4 is 5.32 Å². The molecule has 0 spiro atoms. The topological polar surface area (TPSA) is 41.6 Å². The summed E-state index contributed by atoms with van der Waals surface area (Å²) >= 11 is 0. The number of nitrogens with one attached hydrogen (secondary N) is 1. The minimum absolute atomic E-state index is 0.184. The Morgan fingerprint density at radius 3 is 2.75 bits per heavy atom. The summed E-state index contributed by atoms with van der Waals surface area (Å²) in [7, 11) is 0. The Bertz CT molecular complexity index is 445. The number of ether oxygens (including phenoxy) is 1. The molecule has 1 saturated heterocycles. The second-order valence-electron chi connectivity index (χ2n) is 5.77. The molecule has 1 heterocycles. The number of carbonyl (C=O) groups excluding carboxylic acids is 1. The van der Waals surface area contributed by atoms with E-state index in [4.69, 9.17) is 4.74 Å². The van der Waals surface area contributed by atoms with Gasteiger partial charge >= 0.3 is 6.09 Å². The van der Waals surface area contributed by atoms with E-state index in [0.29, 0.717) is 18.7 Å². The zero-order valence-electron chi connectivity index (χ0n) is 11.8. The first-order valence-electron chi connectivity index (χ1n) is 7.53. The minimum atomic E-state index is -0.184. The highest BCUT2D eigenvalue weighted by molar-refractivity contribution is 5.67. The fourth-order valence-corrected chi connectivity index (χ4v) is 2.67. The molecule has 0 radical (unpaired) electrons. The summed E-state index contributed by atoms with van der Waals surface area (Å²) in [6.45, 7) is 1.96. The van der Waals surface area contributed by atoms with E-state index in [9.17, 15) is 4.79 Å². The lowest BCUT2D eigenvalue weighted by Crippen LogP contribution is -2.48. The van der Waals surface area contributed by atoms with Crippen molar-refractivity contribution in [1.29, 1.82) is 0 Å². The Morgan fingerprint density at radius 1 is 1.20 bits per heavy atom. The van der Waals surface area contributed by atoms with Crippen LogP contribution in [0.1, 0.15) is 31.2 Å². The van der Waals surface area contributed by atoms with Crippen LogP contribution in [0.25, 0.3) is 0 Å². The van der Waals surface area contributed by atoms with E-state index in [1.54, 1.807) is 0 Å². The Morgan fingerprint density at radius 2 is 2.00 bits per heavy atom. The van der Waals surface area contributed by atoms with E-state index in [1.165, 1.54) is 19.3 Å². The highest BCUT2D eigenvalue weighted by atomic mass is 16.6. The molecule has 0 bridgehead atoms. The van der Waals surface area contributed by atoms with Crippen molar-refractivity contribution in [3.8, 4) is 0 Å². The molecule has 1 N–H and O–H groups in total. The van der Waals surface area contributed by atoms with E-state index in [-0.39, 0.29) is 6.09 Å². The molecule has 20 heavy (non-hydrogen) atoms. The van der Waals surface area contributed by atoms with Gasteiger partial charge in [0.05, 0.1) is 0 Å². The molecule has 2 fully saturated rings. The van der Waals surface area contributed by atoms with Crippen LogP contribution in [0.15, 0.2) is 30.3 Å². The molecule has 1 atom stereocenters. The van der Waals surface area contributed by atoms with Crippen molar-refractivity contribution in [2.45, 2.75) is 44.4 Å². The normalized spacial score (nSPS) is 22.6. The maximum absolute atomic E-state index is 12.1. The summed E-state index contributed by atoms with van der Waals surface area (Å²) in [4.78, 5) is 13.9. The summed E-state index contributed by atoms with van der Waals surface area (Å²) in [6, 6.07) is 11.0. The van der Waals surface area contributed by atoms with Gasteiger partial charge in [-0.15, -0.1) is 0 Å². The van der Waals surface area contributed by atoms with Crippen molar-refractivity contribution in [1.82, 2.24) is 10.2 Å². The largest absolute Gasteiger partial charge is 0.445 e. The van der Waals surface area contributed by atoms with Gasteiger partial charge in [0.2, 0.25) is 0 Å². The van der Waals surface area contributed by atoms with Crippen LogP contribution >= 0.6 is 0 Å². The Hall–Kier alpha value is -1.55. The molecule has 1 unspecified atom stereocenters. The first-order chi connectivity index (χ1) is 9.81. The van der Waals surface area contributed by atoms with Crippen molar-refractivity contribution >= 4 is 6.09 Å². The van der Waals surface area contributed by atoms with Crippen LogP contribution in [0.3, 0.4) is 0 Å². The molecule has 1 amide bonds. The van der Waals surface area contributed by atoms with Crippen LogP contribution in [0, 0.1) is 0 Å². The quantitative estimate of drug-likeness (QED) is 0.917. The van der Waals surface area contributed by atoms with Crippen LogP contribution in [0.4, 0.5) is 4.79 Å². The van der Waals surface area contributed by atoms with Gasteiger partial charge in [0.1, 0.15) is 6.61 Å². The molecule has 1 aliphatic carbocycles. The summed E-state index contributed by atoms with van der Waals surface area (Å²) in [5, 5.41) is 3.60. The molecular weight excluding hydrogens is 252 g/mol. The Kier molecular flexibility index (Phi) is 4.21. The fraction of sp³-hybridized carbons (Fsp3) is 0.562. The number of benzene rings is 1. The maximum Gasteiger partial charge on any atom is 0.410 e. The number of nitrogens with zero attached hydrogens (tertiary/aromatic N) is 1. The number of rotatable bonds is 4. The third kappa shape index (κ3) is 3.73. The van der Waals surface area contributed by atoms with E-state index in [0.717, 1.165) is 25.1 Å². The molecule has 1 aromatic rings. The van der Waals surface area contributed by atoms with Crippen molar-refractivity contribution in [3.05, 3.63) is 35.9 Å². The Balaban J connectivity index is 1.46. The predicted octanol–water partition coefficient (Wildman–Crippen LogP) is 2.54. The van der Waals surface area contributed by atoms with Crippen molar-refractivity contribution in [2.24, 2.45) is 0 Å². The number of piperidine rings is 1. The highest BCUT2D eigenvalue weighted by Gasteiger charge is 2.29. The minimum Gasteiger partial charge on any atom is -0.445 e. The number of hydrogen-bond acceptors (Lipinski definition) is 3. The lowest BCUT2D eigenvalue weighted by Gasteiger charge is -2.32. The third-order valence-corrected chi connectivity index (χ3v) is 3.93. The van der Waals surface area contributed by atoms with Gasteiger partial charge in [-0.3, -0.25) is 0 Å². The molecule has 3 rings (SSSR count).